The summed E-state index contributed by atoms with van der Waals surface area (Å²) in [5.74, 6) is -0.952. The maximum atomic E-state index is 12.7. The van der Waals surface area contributed by atoms with Crippen molar-refractivity contribution in [2.24, 2.45) is 0 Å². The number of amides is 1. The van der Waals surface area contributed by atoms with Gasteiger partial charge in [-0.3, -0.25) is 9.59 Å². The van der Waals surface area contributed by atoms with Gasteiger partial charge in [0.05, 0.1) is 25.7 Å². The van der Waals surface area contributed by atoms with Crippen LogP contribution in [0.2, 0.25) is 0 Å². The van der Waals surface area contributed by atoms with Gasteiger partial charge in [-0.2, -0.15) is 0 Å². The fourth-order valence-electron chi connectivity index (χ4n) is 2.96. The van der Waals surface area contributed by atoms with E-state index in [0.29, 0.717) is 19.6 Å². The van der Waals surface area contributed by atoms with Crippen LogP contribution in [0.25, 0.3) is 0 Å². The molecule has 0 aromatic heterocycles. The third-order valence-corrected chi connectivity index (χ3v) is 3.99. The first-order valence-corrected chi connectivity index (χ1v) is 7.09. The number of benzene rings is 1. The Labute approximate surface area is 122 Å². The van der Waals surface area contributed by atoms with E-state index in [1.165, 1.54) is 0 Å². The number of aliphatic carboxylic acids is 1. The number of hydrogen-bond acceptors (Lipinski definition) is 4. The highest BCUT2D eigenvalue weighted by Crippen LogP contribution is 2.27. The fraction of sp³-hybridized carbons (Fsp3) is 0.467. The molecule has 3 rings (SSSR count). The molecule has 1 aromatic rings. The number of anilines is 1. The van der Waals surface area contributed by atoms with Gasteiger partial charge in [0, 0.05) is 18.7 Å². The van der Waals surface area contributed by atoms with Crippen LogP contribution in [0.4, 0.5) is 5.69 Å². The molecule has 1 unspecified atom stereocenters. The maximum Gasteiger partial charge on any atom is 0.305 e. The summed E-state index contributed by atoms with van der Waals surface area (Å²) < 4.78 is 5.31. The number of nitrogens with zero attached hydrogens (tertiary/aromatic N) is 1. The van der Waals surface area contributed by atoms with Crippen molar-refractivity contribution in [3.05, 3.63) is 29.8 Å². The highest BCUT2D eigenvalue weighted by molar-refractivity contribution is 5.88. The van der Waals surface area contributed by atoms with Crippen LogP contribution in [-0.2, 0) is 20.7 Å². The molecule has 2 aliphatic rings. The maximum absolute atomic E-state index is 12.7. The average molecular weight is 290 g/mol. The number of ether oxygens (including phenoxy) is 1. The summed E-state index contributed by atoms with van der Waals surface area (Å²) in [5.41, 5.74) is 2.11. The SMILES string of the molecule is O=C(O)CC1COCCN1C(=O)[C@@H]1Cc2ccccc2N1. The molecule has 1 fully saturated rings. The molecule has 1 aromatic carbocycles. The number of hydrogen-bond donors (Lipinski definition) is 2. The van der Waals surface area contributed by atoms with Gasteiger partial charge in [0.15, 0.2) is 0 Å². The second kappa shape index (κ2) is 5.73. The lowest BCUT2D eigenvalue weighted by atomic mass is 10.1. The van der Waals surface area contributed by atoms with Crippen molar-refractivity contribution in [3.8, 4) is 0 Å². The molecule has 0 saturated carbocycles. The third-order valence-electron chi connectivity index (χ3n) is 3.99. The van der Waals surface area contributed by atoms with Crippen molar-refractivity contribution in [1.29, 1.82) is 0 Å². The van der Waals surface area contributed by atoms with E-state index in [0.717, 1.165) is 11.3 Å². The van der Waals surface area contributed by atoms with Gasteiger partial charge in [0.25, 0.3) is 0 Å². The summed E-state index contributed by atoms with van der Waals surface area (Å²) >= 11 is 0. The minimum atomic E-state index is -0.911. The molecule has 2 N–H and O–H groups in total. The lowest BCUT2D eigenvalue weighted by Crippen LogP contribution is -2.53. The van der Waals surface area contributed by atoms with Gasteiger partial charge < -0.3 is 20.1 Å². The number of para-hydroxylation sites is 1. The Morgan fingerprint density at radius 3 is 2.95 bits per heavy atom. The molecule has 2 atom stereocenters. The summed E-state index contributed by atoms with van der Waals surface area (Å²) in [6.45, 7) is 1.20. The van der Waals surface area contributed by atoms with Crippen molar-refractivity contribution in [2.75, 3.05) is 25.1 Å². The van der Waals surface area contributed by atoms with Crippen LogP contribution in [0, 0.1) is 0 Å². The van der Waals surface area contributed by atoms with Crippen LogP contribution in [0.3, 0.4) is 0 Å². The zero-order valence-electron chi connectivity index (χ0n) is 11.6. The zero-order valence-corrected chi connectivity index (χ0v) is 11.6. The first-order chi connectivity index (χ1) is 10.1. The van der Waals surface area contributed by atoms with E-state index in [1.54, 1.807) is 4.90 Å². The summed E-state index contributed by atoms with van der Waals surface area (Å²) in [6, 6.07) is 7.15. The number of fused-ring (bicyclic) bond motifs is 1. The fourth-order valence-corrected chi connectivity index (χ4v) is 2.96. The number of nitrogens with one attached hydrogen (secondary N) is 1. The van der Waals surface area contributed by atoms with E-state index in [2.05, 4.69) is 5.32 Å². The number of carboxylic acid groups (broad SMARTS) is 1. The highest BCUT2D eigenvalue weighted by Gasteiger charge is 2.35. The van der Waals surface area contributed by atoms with Crippen molar-refractivity contribution >= 4 is 17.6 Å². The van der Waals surface area contributed by atoms with Crippen LogP contribution < -0.4 is 5.32 Å². The number of carbonyl (C=O) groups is 2. The molecule has 1 amide bonds. The minimum absolute atomic E-state index is 0.0410. The predicted octanol–water partition coefficient (Wildman–Crippen LogP) is 0.725. The largest absolute Gasteiger partial charge is 0.481 e. The van der Waals surface area contributed by atoms with Gasteiger partial charge in [0.1, 0.15) is 6.04 Å². The molecular weight excluding hydrogens is 272 g/mol. The predicted molar refractivity (Wildman–Crippen MR) is 76.1 cm³/mol. The Morgan fingerprint density at radius 1 is 1.38 bits per heavy atom. The second-order valence-electron chi connectivity index (χ2n) is 5.42. The lowest BCUT2D eigenvalue weighted by Gasteiger charge is -2.36. The third kappa shape index (κ3) is 2.85. The average Bonchev–Trinajstić information content (AvgIpc) is 2.90. The Morgan fingerprint density at radius 2 is 2.19 bits per heavy atom. The minimum Gasteiger partial charge on any atom is -0.481 e. The van der Waals surface area contributed by atoms with Crippen LogP contribution in [0.15, 0.2) is 24.3 Å². The quantitative estimate of drug-likeness (QED) is 0.858. The van der Waals surface area contributed by atoms with Crippen molar-refractivity contribution in [2.45, 2.75) is 24.9 Å². The normalized spacial score (nSPS) is 24.3. The van der Waals surface area contributed by atoms with E-state index in [9.17, 15) is 9.59 Å². The number of carboxylic acids is 1. The monoisotopic (exact) mass is 290 g/mol. The summed E-state index contributed by atoms with van der Waals surface area (Å²) in [6.07, 6.45) is 0.567. The van der Waals surface area contributed by atoms with E-state index < -0.39 is 5.97 Å². The molecule has 0 bridgehead atoms. The Kier molecular flexibility index (Phi) is 3.79. The van der Waals surface area contributed by atoms with Crippen molar-refractivity contribution in [1.82, 2.24) is 4.90 Å². The molecule has 112 valence electrons. The number of carbonyl (C=O) groups excluding carboxylic acids is 1. The van der Waals surface area contributed by atoms with Crippen LogP contribution in [0.1, 0.15) is 12.0 Å². The lowest BCUT2D eigenvalue weighted by molar-refractivity contribution is -0.146. The van der Waals surface area contributed by atoms with Gasteiger partial charge >= 0.3 is 5.97 Å². The number of rotatable bonds is 3. The summed E-state index contributed by atoms with van der Waals surface area (Å²) in [4.78, 5) is 25.3. The molecule has 21 heavy (non-hydrogen) atoms. The molecule has 6 nitrogen and oxygen atoms in total. The zero-order chi connectivity index (χ0) is 14.8. The van der Waals surface area contributed by atoms with E-state index in [4.69, 9.17) is 9.84 Å². The molecule has 0 radical (unpaired) electrons. The van der Waals surface area contributed by atoms with Gasteiger partial charge in [-0.05, 0) is 11.6 Å². The van der Waals surface area contributed by atoms with Gasteiger partial charge in [0.2, 0.25) is 5.91 Å². The molecule has 2 aliphatic heterocycles. The molecular formula is C15H18N2O4. The molecule has 0 spiro atoms. The molecule has 2 heterocycles. The van der Waals surface area contributed by atoms with Crippen molar-refractivity contribution in [3.63, 3.8) is 0 Å². The first kappa shape index (κ1) is 13.9. The number of morpholine rings is 1. The van der Waals surface area contributed by atoms with Crippen molar-refractivity contribution < 1.29 is 19.4 Å². The van der Waals surface area contributed by atoms with Crippen LogP contribution >= 0.6 is 0 Å². The van der Waals surface area contributed by atoms with Gasteiger partial charge in [-0.15, -0.1) is 0 Å². The van der Waals surface area contributed by atoms with Crippen LogP contribution in [-0.4, -0.2) is 53.7 Å². The Balaban J connectivity index is 1.71. The molecule has 1 saturated heterocycles. The van der Waals surface area contributed by atoms with E-state index in [-0.39, 0.29) is 31.0 Å². The standard InChI is InChI=1S/C15H18N2O4/c18-14(19)8-11-9-21-6-5-17(11)15(20)13-7-10-3-1-2-4-12(10)16-13/h1-4,11,13,16H,5-9H2,(H,18,19)/t11?,13-/m0/s1. The smallest absolute Gasteiger partial charge is 0.305 e. The first-order valence-electron chi connectivity index (χ1n) is 7.09. The van der Waals surface area contributed by atoms with Gasteiger partial charge in [-0.1, -0.05) is 18.2 Å². The Hall–Kier alpha value is -2.08. The van der Waals surface area contributed by atoms with Gasteiger partial charge in [-0.25, -0.2) is 0 Å². The summed E-state index contributed by atoms with van der Waals surface area (Å²) in [7, 11) is 0. The second-order valence-corrected chi connectivity index (χ2v) is 5.42. The molecule has 0 aliphatic carbocycles. The Bertz CT molecular complexity index is 535. The van der Waals surface area contributed by atoms with E-state index >= 15 is 0 Å². The summed E-state index contributed by atoms with van der Waals surface area (Å²) in [5, 5.41) is 12.2. The highest BCUT2D eigenvalue weighted by atomic mass is 16.5. The topological polar surface area (TPSA) is 78.9 Å². The molecule has 6 heteroatoms. The van der Waals surface area contributed by atoms with E-state index in [1.807, 2.05) is 24.3 Å². The van der Waals surface area contributed by atoms with Crippen LogP contribution in [0.5, 0.6) is 0 Å².